The summed E-state index contributed by atoms with van der Waals surface area (Å²) in [5.74, 6) is -0.466. The second kappa shape index (κ2) is 7.54. The van der Waals surface area contributed by atoms with E-state index in [0.29, 0.717) is 22.0 Å². The van der Waals surface area contributed by atoms with Crippen molar-refractivity contribution >= 4 is 38.9 Å². The fourth-order valence-corrected chi connectivity index (χ4v) is 5.28. The minimum absolute atomic E-state index is 0.200. The van der Waals surface area contributed by atoms with Crippen molar-refractivity contribution in [1.82, 2.24) is 0 Å². The number of rotatable bonds is 4. The van der Waals surface area contributed by atoms with Crippen LogP contribution in [0.25, 0.3) is 11.1 Å². The molecule has 0 spiro atoms. The summed E-state index contributed by atoms with van der Waals surface area (Å²) < 4.78 is 27.8. The van der Waals surface area contributed by atoms with E-state index in [2.05, 4.69) is 5.32 Å². The summed E-state index contributed by atoms with van der Waals surface area (Å²) in [4.78, 5) is 12.9. The number of benzene rings is 3. The van der Waals surface area contributed by atoms with Gasteiger partial charge in [-0.1, -0.05) is 54.9 Å². The standard InChI is InChI=1S/C22H19ClN2O3S/c1-2-15-11-12-20-17(13-15)16-7-3-6-10-21(16)29(27,28)25(20)14-22(26)24-19-9-5-4-8-18(19)23/h3-13H,2,14H2,1H3,(H,24,26). The molecule has 0 bridgehead atoms. The maximum Gasteiger partial charge on any atom is 0.265 e. The summed E-state index contributed by atoms with van der Waals surface area (Å²) in [6, 6.07) is 19.4. The van der Waals surface area contributed by atoms with E-state index < -0.39 is 15.9 Å². The molecule has 29 heavy (non-hydrogen) atoms. The number of carbonyl (C=O) groups excluding carboxylic acids is 1. The molecule has 0 aliphatic carbocycles. The van der Waals surface area contributed by atoms with Gasteiger partial charge in [0.15, 0.2) is 0 Å². The fourth-order valence-electron chi connectivity index (χ4n) is 3.45. The third-order valence-corrected chi connectivity index (χ3v) is 7.07. The van der Waals surface area contributed by atoms with E-state index in [9.17, 15) is 13.2 Å². The Labute approximate surface area is 175 Å². The number of nitrogens with one attached hydrogen (secondary N) is 1. The van der Waals surface area contributed by atoms with Crippen molar-refractivity contribution in [2.45, 2.75) is 18.2 Å². The van der Waals surface area contributed by atoms with Crippen molar-refractivity contribution < 1.29 is 13.2 Å². The molecule has 1 heterocycles. The summed E-state index contributed by atoms with van der Waals surface area (Å²) in [5, 5.41) is 3.09. The van der Waals surface area contributed by atoms with E-state index in [0.717, 1.165) is 21.9 Å². The minimum Gasteiger partial charge on any atom is -0.323 e. The van der Waals surface area contributed by atoms with Crippen molar-refractivity contribution in [3.8, 4) is 11.1 Å². The number of para-hydroxylation sites is 1. The Balaban J connectivity index is 1.76. The largest absolute Gasteiger partial charge is 0.323 e. The number of sulfonamides is 1. The number of amides is 1. The highest BCUT2D eigenvalue weighted by molar-refractivity contribution is 7.93. The Morgan fingerprint density at radius 3 is 2.48 bits per heavy atom. The second-order valence-electron chi connectivity index (χ2n) is 6.74. The Morgan fingerprint density at radius 1 is 1.00 bits per heavy atom. The predicted molar refractivity (Wildman–Crippen MR) is 116 cm³/mol. The molecule has 7 heteroatoms. The van der Waals surface area contributed by atoms with Crippen molar-refractivity contribution in [1.29, 1.82) is 0 Å². The highest BCUT2D eigenvalue weighted by Gasteiger charge is 2.35. The smallest absolute Gasteiger partial charge is 0.265 e. The van der Waals surface area contributed by atoms with Crippen LogP contribution in [0.4, 0.5) is 11.4 Å². The van der Waals surface area contributed by atoms with Gasteiger partial charge in [-0.2, -0.15) is 0 Å². The maximum absolute atomic E-state index is 13.3. The molecule has 0 aromatic heterocycles. The third-order valence-electron chi connectivity index (χ3n) is 4.92. The molecule has 3 aromatic rings. The SMILES string of the molecule is CCc1ccc2c(c1)-c1ccccc1S(=O)(=O)N2CC(=O)Nc1ccccc1Cl. The summed E-state index contributed by atoms with van der Waals surface area (Å²) in [5.41, 5.74) is 3.49. The van der Waals surface area contributed by atoms with Gasteiger partial charge in [0, 0.05) is 11.1 Å². The molecule has 5 nitrogen and oxygen atoms in total. The van der Waals surface area contributed by atoms with Crippen molar-refractivity contribution in [3.05, 3.63) is 77.3 Å². The van der Waals surface area contributed by atoms with Crippen molar-refractivity contribution in [2.24, 2.45) is 0 Å². The molecule has 0 saturated carbocycles. The van der Waals surface area contributed by atoms with Gasteiger partial charge < -0.3 is 5.32 Å². The van der Waals surface area contributed by atoms with Crippen LogP contribution in [0, 0.1) is 0 Å². The highest BCUT2D eigenvalue weighted by Crippen LogP contribution is 2.43. The first kappa shape index (κ1) is 19.5. The molecule has 0 fully saturated rings. The van der Waals surface area contributed by atoms with Gasteiger partial charge in [0.1, 0.15) is 6.54 Å². The lowest BCUT2D eigenvalue weighted by Crippen LogP contribution is -2.40. The summed E-state index contributed by atoms with van der Waals surface area (Å²) in [6.45, 7) is 1.70. The van der Waals surface area contributed by atoms with Crippen LogP contribution in [0.15, 0.2) is 71.6 Å². The lowest BCUT2D eigenvalue weighted by molar-refractivity contribution is -0.114. The van der Waals surface area contributed by atoms with Crippen LogP contribution in [0.1, 0.15) is 12.5 Å². The second-order valence-corrected chi connectivity index (χ2v) is 8.98. The number of carbonyl (C=O) groups is 1. The molecule has 1 amide bonds. The van der Waals surface area contributed by atoms with Gasteiger partial charge in [-0.3, -0.25) is 9.10 Å². The monoisotopic (exact) mass is 426 g/mol. The average molecular weight is 427 g/mol. The molecule has 0 unspecified atom stereocenters. The highest BCUT2D eigenvalue weighted by atomic mass is 35.5. The normalized spacial score (nSPS) is 14.1. The first-order chi connectivity index (χ1) is 13.9. The van der Waals surface area contributed by atoms with Crippen LogP contribution in [0.5, 0.6) is 0 Å². The molecule has 1 aliphatic rings. The molecule has 4 rings (SSSR count). The summed E-state index contributed by atoms with van der Waals surface area (Å²) in [6.07, 6.45) is 0.829. The van der Waals surface area contributed by atoms with Crippen LogP contribution in [0.3, 0.4) is 0 Å². The molecule has 0 radical (unpaired) electrons. The molecule has 1 N–H and O–H groups in total. The summed E-state index contributed by atoms with van der Waals surface area (Å²) >= 11 is 6.10. The van der Waals surface area contributed by atoms with Gasteiger partial charge in [-0.15, -0.1) is 0 Å². The Hall–Kier alpha value is -2.83. The van der Waals surface area contributed by atoms with E-state index in [4.69, 9.17) is 11.6 Å². The van der Waals surface area contributed by atoms with Crippen LogP contribution < -0.4 is 9.62 Å². The van der Waals surface area contributed by atoms with E-state index >= 15 is 0 Å². The average Bonchev–Trinajstić information content (AvgIpc) is 2.72. The molecule has 3 aromatic carbocycles. The Kier molecular flexibility index (Phi) is 5.06. The number of hydrogen-bond donors (Lipinski definition) is 1. The van der Waals surface area contributed by atoms with Gasteiger partial charge in [-0.05, 0) is 42.3 Å². The Bertz CT molecular complexity index is 1210. The zero-order valence-corrected chi connectivity index (χ0v) is 17.3. The van der Waals surface area contributed by atoms with E-state index in [1.165, 1.54) is 0 Å². The maximum atomic E-state index is 13.3. The van der Waals surface area contributed by atoms with Crippen LogP contribution in [-0.4, -0.2) is 20.9 Å². The first-order valence-electron chi connectivity index (χ1n) is 9.21. The van der Waals surface area contributed by atoms with Crippen molar-refractivity contribution in [3.63, 3.8) is 0 Å². The summed E-state index contributed by atoms with van der Waals surface area (Å²) in [7, 11) is -3.87. The molecule has 1 aliphatic heterocycles. The van der Waals surface area contributed by atoms with Crippen LogP contribution in [-0.2, 0) is 21.2 Å². The predicted octanol–water partition coefficient (Wildman–Crippen LogP) is 4.72. The van der Waals surface area contributed by atoms with E-state index in [1.807, 2.05) is 25.1 Å². The van der Waals surface area contributed by atoms with Gasteiger partial charge in [0.25, 0.3) is 10.0 Å². The number of anilines is 2. The first-order valence-corrected chi connectivity index (χ1v) is 11.0. The fraction of sp³-hybridized carbons (Fsp3) is 0.136. The third kappa shape index (κ3) is 3.50. The zero-order valence-electron chi connectivity index (χ0n) is 15.7. The number of halogens is 1. The quantitative estimate of drug-likeness (QED) is 0.656. The number of hydrogen-bond acceptors (Lipinski definition) is 3. The molecule has 0 saturated heterocycles. The van der Waals surface area contributed by atoms with Gasteiger partial charge in [0.05, 0.1) is 21.3 Å². The lowest BCUT2D eigenvalue weighted by atomic mass is 9.99. The van der Waals surface area contributed by atoms with Gasteiger partial charge >= 0.3 is 0 Å². The minimum atomic E-state index is -3.87. The molecule has 148 valence electrons. The topological polar surface area (TPSA) is 66.5 Å². The van der Waals surface area contributed by atoms with Gasteiger partial charge in [-0.25, -0.2) is 8.42 Å². The molecular formula is C22H19ClN2O3S. The Morgan fingerprint density at radius 2 is 1.72 bits per heavy atom. The van der Waals surface area contributed by atoms with E-state index in [1.54, 1.807) is 48.5 Å². The number of fused-ring (bicyclic) bond motifs is 3. The molecular weight excluding hydrogens is 408 g/mol. The van der Waals surface area contributed by atoms with Crippen LogP contribution in [0.2, 0.25) is 5.02 Å². The van der Waals surface area contributed by atoms with Crippen molar-refractivity contribution in [2.75, 3.05) is 16.2 Å². The lowest BCUT2D eigenvalue weighted by Gasteiger charge is -2.32. The van der Waals surface area contributed by atoms with Crippen LogP contribution >= 0.6 is 11.6 Å². The number of nitrogens with zero attached hydrogens (tertiary/aromatic N) is 1. The molecule has 0 atom stereocenters. The zero-order chi connectivity index (χ0) is 20.6. The van der Waals surface area contributed by atoms with Gasteiger partial charge in [0.2, 0.25) is 5.91 Å². The van der Waals surface area contributed by atoms with E-state index in [-0.39, 0.29) is 11.4 Å². The number of aryl methyl sites for hydroxylation is 1.